The van der Waals surface area contributed by atoms with E-state index in [4.69, 9.17) is 11.6 Å². The summed E-state index contributed by atoms with van der Waals surface area (Å²) < 4.78 is 0. The molecule has 1 heterocycles. The Kier molecular flexibility index (Phi) is 4.46. The molecule has 0 aliphatic carbocycles. The smallest absolute Gasteiger partial charge is 0.346 e. The quantitative estimate of drug-likeness (QED) is 0.670. The van der Waals surface area contributed by atoms with Gasteiger partial charge in [0, 0.05) is 16.5 Å². The van der Waals surface area contributed by atoms with Gasteiger partial charge in [0.25, 0.3) is 0 Å². The number of nitrogens with one attached hydrogen (secondary N) is 1. The number of benzene rings is 1. The molecule has 0 spiro atoms. The fourth-order valence-electron chi connectivity index (χ4n) is 1.68. The molecule has 104 valence electrons. The zero-order chi connectivity index (χ0) is 14.7. The van der Waals surface area contributed by atoms with Crippen LogP contribution in [0, 0.1) is 6.92 Å². The third-order valence-corrected chi connectivity index (χ3v) is 4.02. The van der Waals surface area contributed by atoms with E-state index in [1.165, 1.54) is 18.7 Å². The summed E-state index contributed by atoms with van der Waals surface area (Å²) in [5.41, 5.74) is 0.602. The highest BCUT2D eigenvalue weighted by Gasteiger charge is 2.17. The largest absolute Gasteiger partial charge is 0.478 e. The van der Waals surface area contributed by atoms with Crippen LogP contribution < -0.4 is 5.69 Å². The monoisotopic (exact) mass is 310 g/mol. The molecule has 0 radical (unpaired) electrons. The molecule has 1 aromatic carbocycles. The minimum atomic E-state index is -1.12. The molecule has 0 fully saturated rings. The van der Waals surface area contributed by atoms with Crippen LogP contribution in [-0.4, -0.2) is 21.0 Å². The number of aryl methyl sites for hydroxylation is 1. The number of hydrogen-bond acceptors (Lipinski definition) is 4. The summed E-state index contributed by atoms with van der Waals surface area (Å²) in [7, 11) is 0. The maximum atomic E-state index is 11.4. The first-order valence-corrected chi connectivity index (χ1v) is 7.06. The first-order valence-electron chi connectivity index (χ1n) is 5.69. The van der Waals surface area contributed by atoms with Gasteiger partial charge in [0.05, 0.1) is 0 Å². The van der Waals surface area contributed by atoms with Crippen molar-refractivity contribution in [2.24, 2.45) is 0 Å². The number of aromatic carboxylic acids is 1. The van der Waals surface area contributed by atoms with Crippen molar-refractivity contribution < 1.29 is 9.90 Å². The van der Waals surface area contributed by atoms with Gasteiger partial charge in [0.15, 0.2) is 0 Å². The number of aromatic amines is 1. The van der Waals surface area contributed by atoms with Gasteiger partial charge in [-0.3, -0.25) is 0 Å². The van der Waals surface area contributed by atoms with Crippen LogP contribution in [0.2, 0.25) is 5.02 Å². The number of H-pyrrole nitrogens is 1. The van der Waals surface area contributed by atoms with E-state index in [0.29, 0.717) is 16.5 Å². The van der Waals surface area contributed by atoms with Crippen LogP contribution in [0.15, 0.2) is 34.1 Å². The second-order valence-electron chi connectivity index (χ2n) is 4.03. The summed E-state index contributed by atoms with van der Waals surface area (Å²) >= 11 is 7.21. The van der Waals surface area contributed by atoms with Gasteiger partial charge in [-0.15, -0.1) is 11.8 Å². The maximum absolute atomic E-state index is 11.4. The normalized spacial score (nSPS) is 10.5. The standard InChI is InChI=1S/C13H11ClN2O3S/c1-7-10(12(17)18)11(16-13(19)15-7)20-6-8-4-2-3-5-9(8)14/h2-5H,6H2,1H3,(H,17,18)(H,15,16,19). The summed E-state index contributed by atoms with van der Waals surface area (Å²) in [4.78, 5) is 28.7. The lowest BCUT2D eigenvalue weighted by Gasteiger charge is -2.07. The number of thioether (sulfide) groups is 1. The number of rotatable bonds is 4. The Labute approximate surface area is 124 Å². The Balaban J connectivity index is 2.32. The molecule has 2 rings (SSSR count). The molecular weight excluding hydrogens is 300 g/mol. The third-order valence-electron chi connectivity index (χ3n) is 2.62. The van der Waals surface area contributed by atoms with Gasteiger partial charge in [0.1, 0.15) is 10.6 Å². The zero-order valence-electron chi connectivity index (χ0n) is 10.5. The van der Waals surface area contributed by atoms with Crippen LogP contribution in [-0.2, 0) is 5.75 Å². The van der Waals surface area contributed by atoms with Crippen LogP contribution in [0.1, 0.15) is 21.6 Å². The summed E-state index contributed by atoms with van der Waals surface area (Å²) in [5.74, 6) is -0.677. The van der Waals surface area contributed by atoms with E-state index in [1.54, 1.807) is 6.07 Å². The van der Waals surface area contributed by atoms with Gasteiger partial charge in [-0.1, -0.05) is 29.8 Å². The fraction of sp³-hybridized carbons (Fsp3) is 0.154. The molecule has 2 aromatic rings. The second-order valence-corrected chi connectivity index (χ2v) is 5.40. The van der Waals surface area contributed by atoms with Gasteiger partial charge in [-0.25, -0.2) is 9.59 Å². The average molecular weight is 311 g/mol. The first kappa shape index (κ1) is 14.6. The van der Waals surface area contributed by atoms with Crippen LogP contribution in [0.4, 0.5) is 0 Å². The van der Waals surface area contributed by atoms with Gasteiger partial charge >= 0.3 is 11.7 Å². The van der Waals surface area contributed by atoms with Crippen LogP contribution in [0.5, 0.6) is 0 Å². The summed E-state index contributed by atoms with van der Waals surface area (Å²) in [5, 5.41) is 9.98. The molecule has 0 saturated carbocycles. The van der Waals surface area contributed by atoms with Gasteiger partial charge in [0.2, 0.25) is 0 Å². The molecule has 20 heavy (non-hydrogen) atoms. The van der Waals surface area contributed by atoms with E-state index in [0.717, 1.165) is 5.56 Å². The predicted molar refractivity (Wildman–Crippen MR) is 77.6 cm³/mol. The number of halogens is 1. The van der Waals surface area contributed by atoms with Crippen molar-refractivity contribution in [2.45, 2.75) is 17.7 Å². The molecule has 0 aliphatic heterocycles. The molecule has 0 bridgehead atoms. The molecule has 0 atom stereocenters. The first-order chi connectivity index (χ1) is 9.49. The number of carboxylic acid groups (broad SMARTS) is 1. The van der Waals surface area contributed by atoms with E-state index < -0.39 is 11.7 Å². The number of carboxylic acids is 1. The molecule has 2 N–H and O–H groups in total. The number of hydrogen-bond donors (Lipinski definition) is 2. The van der Waals surface area contributed by atoms with E-state index >= 15 is 0 Å². The number of aromatic nitrogens is 2. The summed E-state index contributed by atoms with van der Waals surface area (Å²) in [6.07, 6.45) is 0. The summed E-state index contributed by atoms with van der Waals surface area (Å²) in [6.45, 7) is 1.53. The maximum Gasteiger partial charge on any atom is 0.346 e. The lowest BCUT2D eigenvalue weighted by Crippen LogP contribution is -2.18. The molecular formula is C13H11ClN2O3S. The van der Waals surface area contributed by atoms with Crippen molar-refractivity contribution in [3.05, 3.63) is 56.6 Å². The van der Waals surface area contributed by atoms with Gasteiger partial charge in [-0.2, -0.15) is 4.98 Å². The number of nitrogens with zero attached hydrogens (tertiary/aromatic N) is 1. The Morgan fingerprint density at radius 3 is 2.80 bits per heavy atom. The number of carbonyl (C=O) groups is 1. The van der Waals surface area contributed by atoms with Crippen LogP contribution in [0.3, 0.4) is 0 Å². The fourth-order valence-corrected chi connectivity index (χ4v) is 3.04. The van der Waals surface area contributed by atoms with Crippen LogP contribution in [0.25, 0.3) is 0 Å². The molecule has 7 heteroatoms. The van der Waals surface area contributed by atoms with Crippen molar-refractivity contribution in [3.63, 3.8) is 0 Å². The summed E-state index contributed by atoms with van der Waals surface area (Å²) in [6, 6.07) is 7.26. The minimum absolute atomic E-state index is 0.0154. The Morgan fingerprint density at radius 2 is 2.15 bits per heavy atom. The van der Waals surface area contributed by atoms with E-state index in [1.807, 2.05) is 18.2 Å². The van der Waals surface area contributed by atoms with Crippen molar-refractivity contribution in [2.75, 3.05) is 0 Å². The molecule has 0 aliphatic rings. The van der Waals surface area contributed by atoms with Gasteiger partial charge < -0.3 is 10.1 Å². The van der Waals surface area contributed by atoms with Crippen molar-refractivity contribution in [3.8, 4) is 0 Å². The third kappa shape index (κ3) is 3.20. The topological polar surface area (TPSA) is 83.0 Å². The SMILES string of the molecule is Cc1[nH]c(=O)nc(SCc2ccccc2Cl)c1C(=O)O. The van der Waals surface area contributed by atoms with E-state index in [2.05, 4.69) is 9.97 Å². The predicted octanol–water partition coefficient (Wildman–Crippen LogP) is 2.72. The second kappa shape index (κ2) is 6.11. The van der Waals surface area contributed by atoms with Crippen molar-refractivity contribution >= 4 is 29.3 Å². The van der Waals surface area contributed by atoms with E-state index in [-0.39, 0.29) is 10.6 Å². The lowest BCUT2D eigenvalue weighted by molar-refractivity contribution is 0.0690. The van der Waals surface area contributed by atoms with Crippen LogP contribution >= 0.6 is 23.4 Å². The highest BCUT2D eigenvalue weighted by molar-refractivity contribution is 7.98. The molecule has 0 amide bonds. The zero-order valence-corrected chi connectivity index (χ0v) is 12.1. The van der Waals surface area contributed by atoms with Crippen molar-refractivity contribution in [1.29, 1.82) is 0 Å². The Bertz CT molecular complexity index is 715. The highest BCUT2D eigenvalue weighted by atomic mass is 35.5. The van der Waals surface area contributed by atoms with Gasteiger partial charge in [-0.05, 0) is 18.6 Å². The molecule has 0 saturated heterocycles. The molecule has 1 aromatic heterocycles. The molecule has 5 nitrogen and oxygen atoms in total. The Hall–Kier alpha value is -1.79. The Morgan fingerprint density at radius 1 is 1.45 bits per heavy atom. The lowest BCUT2D eigenvalue weighted by atomic mass is 10.2. The molecule has 0 unspecified atom stereocenters. The minimum Gasteiger partial charge on any atom is -0.478 e. The van der Waals surface area contributed by atoms with E-state index in [9.17, 15) is 14.7 Å². The van der Waals surface area contributed by atoms with Crippen molar-refractivity contribution in [1.82, 2.24) is 9.97 Å². The highest BCUT2D eigenvalue weighted by Crippen LogP contribution is 2.27. The average Bonchev–Trinajstić information content (AvgIpc) is 2.36.